The van der Waals surface area contributed by atoms with E-state index in [0.29, 0.717) is 12.1 Å². The van der Waals surface area contributed by atoms with Crippen LogP contribution in [0.5, 0.6) is 0 Å². The number of para-hydroxylation sites is 1. The van der Waals surface area contributed by atoms with Crippen molar-refractivity contribution in [2.24, 2.45) is 0 Å². The molecule has 1 aliphatic heterocycles. The largest absolute Gasteiger partial charge is 0.452 e. The molecule has 8 heteroatoms. The van der Waals surface area contributed by atoms with Crippen LogP contribution in [0.2, 0.25) is 0 Å². The minimum atomic E-state index is -3.69. The van der Waals surface area contributed by atoms with E-state index in [-0.39, 0.29) is 22.9 Å². The van der Waals surface area contributed by atoms with Crippen molar-refractivity contribution in [2.75, 3.05) is 24.6 Å². The van der Waals surface area contributed by atoms with Crippen molar-refractivity contribution in [1.82, 2.24) is 4.72 Å². The highest BCUT2D eigenvalue weighted by molar-refractivity contribution is 7.89. The first-order valence-electron chi connectivity index (χ1n) is 8.99. The number of nitrogens with zero attached hydrogens (tertiary/aromatic N) is 1. The molecule has 0 bridgehead atoms. The number of benzene rings is 2. The minimum Gasteiger partial charge on any atom is -0.452 e. The Balaban J connectivity index is 1.71. The molecular weight excluding hydrogens is 380 g/mol. The number of sulfonamides is 1. The van der Waals surface area contributed by atoms with E-state index < -0.39 is 22.6 Å². The summed E-state index contributed by atoms with van der Waals surface area (Å²) in [6, 6.07) is 11.8. The summed E-state index contributed by atoms with van der Waals surface area (Å²) in [5.74, 6) is -1.04. The second kappa shape index (κ2) is 8.12. The van der Waals surface area contributed by atoms with Crippen LogP contribution in [-0.2, 0) is 26.0 Å². The van der Waals surface area contributed by atoms with Gasteiger partial charge in [0.15, 0.2) is 6.61 Å². The highest BCUT2D eigenvalue weighted by Crippen LogP contribution is 2.27. The van der Waals surface area contributed by atoms with Crippen LogP contribution in [0.1, 0.15) is 28.4 Å². The number of rotatable bonds is 6. The summed E-state index contributed by atoms with van der Waals surface area (Å²) in [4.78, 5) is 26.5. The predicted molar refractivity (Wildman–Crippen MR) is 105 cm³/mol. The monoisotopic (exact) mass is 402 g/mol. The quantitative estimate of drug-likeness (QED) is 0.747. The molecule has 0 saturated carbocycles. The maximum absolute atomic E-state index is 12.5. The Labute approximate surface area is 164 Å². The standard InChI is InChI=1S/C20H22N2O5S/c1-3-21-28(25,26)16-9-8-14(2)17(12-16)20(24)27-13-19(23)22-11-10-15-6-4-5-7-18(15)22/h4-9,12,21H,3,10-11,13H2,1-2H3. The number of nitrogens with one attached hydrogen (secondary N) is 1. The van der Waals surface area contributed by atoms with Crippen LogP contribution in [0, 0.1) is 6.92 Å². The van der Waals surface area contributed by atoms with Gasteiger partial charge in [-0.15, -0.1) is 0 Å². The number of carbonyl (C=O) groups excluding carboxylic acids is 2. The average Bonchev–Trinajstić information content (AvgIpc) is 3.10. The van der Waals surface area contributed by atoms with Crippen molar-refractivity contribution >= 4 is 27.6 Å². The van der Waals surface area contributed by atoms with Gasteiger partial charge in [0.05, 0.1) is 10.5 Å². The second-order valence-corrected chi connectivity index (χ2v) is 8.25. The zero-order valence-corrected chi connectivity index (χ0v) is 16.6. The molecular formula is C20H22N2O5S. The van der Waals surface area contributed by atoms with E-state index >= 15 is 0 Å². The van der Waals surface area contributed by atoms with Gasteiger partial charge >= 0.3 is 5.97 Å². The summed E-state index contributed by atoms with van der Waals surface area (Å²) >= 11 is 0. The zero-order chi connectivity index (χ0) is 20.3. The Bertz CT molecular complexity index is 1020. The minimum absolute atomic E-state index is 0.0216. The lowest BCUT2D eigenvalue weighted by atomic mass is 10.1. The van der Waals surface area contributed by atoms with Gasteiger partial charge in [-0.3, -0.25) is 4.79 Å². The molecule has 3 rings (SSSR count). The number of carbonyl (C=O) groups is 2. The highest BCUT2D eigenvalue weighted by atomic mass is 32.2. The van der Waals surface area contributed by atoms with Crippen molar-refractivity contribution in [3.63, 3.8) is 0 Å². The number of amides is 1. The molecule has 0 saturated heterocycles. The SMILES string of the molecule is CCNS(=O)(=O)c1ccc(C)c(C(=O)OCC(=O)N2CCc3ccccc32)c1. The fourth-order valence-corrected chi connectivity index (χ4v) is 4.21. The molecule has 0 unspecified atom stereocenters. The summed E-state index contributed by atoms with van der Waals surface area (Å²) in [6.07, 6.45) is 0.763. The molecule has 0 spiro atoms. The lowest BCUT2D eigenvalue weighted by Gasteiger charge is -2.17. The van der Waals surface area contributed by atoms with Gasteiger partial charge in [0.25, 0.3) is 5.91 Å². The smallest absolute Gasteiger partial charge is 0.338 e. The third-order valence-electron chi connectivity index (χ3n) is 4.59. The van der Waals surface area contributed by atoms with Gasteiger partial charge in [-0.25, -0.2) is 17.9 Å². The first-order chi connectivity index (χ1) is 13.3. The summed E-state index contributed by atoms with van der Waals surface area (Å²) in [7, 11) is -3.69. The van der Waals surface area contributed by atoms with Crippen molar-refractivity contribution in [1.29, 1.82) is 0 Å². The van der Waals surface area contributed by atoms with Crippen LogP contribution in [0.3, 0.4) is 0 Å². The number of ether oxygens (including phenoxy) is 1. The predicted octanol–water partition coefficient (Wildman–Crippen LogP) is 2.04. The van der Waals surface area contributed by atoms with E-state index in [1.807, 2.05) is 24.3 Å². The fraction of sp³-hybridized carbons (Fsp3) is 0.300. The maximum atomic E-state index is 12.5. The van der Waals surface area contributed by atoms with E-state index in [1.165, 1.54) is 12.1 Å². The van der Waals surface area contributed by atoms with Crippen LogP contribution in [0.4, 0.5) is 5.69 Å². The fourth-order valence-electron chi connectivity index (χ4n) is 3.14. The molecule has 1 heterocycles. The summed E-state index contributed by atoms with van der Waals surface area (Å²) < 4.78 is 31.9. The van der Waals surface area contributed by atoms with Crippen molar-refractivity contribution in [3.8, 4) is 0 Å². The highest BCUT2D eigenvalue weighted by Gasteiger charge is 2.25. The third kappa shape index (κ3) is 4.07. The molecule has 2 aromatic rings. The van der Waals surface area contributed by atoms with Gasteiger partial charge in [0, 0.05) is 18.8 Å². The maximum Gasteiger partial charge on any atom is 0.338 e. The van der Waals surface area contributed by atoms with E-state index in [0.717, 1.165) is 17.7 Å². The molecule has 1 aliphatic rings. The Morgan fingerprint density at radius 1 is 1.18 bits per heavy atom. The topological polar surface area (TPSA) is 92.8 Å². The van der Waals surface area contributed by atoms with Gasteiger partial charge < -0.3 is 9.64 Å². The number of hydrogen-bond acceptors (Lipinski definition) is 5. The van der Waals surface area contributed by atoms with E-state index in [9.17, 15) is 18.0 Å². The van der Waals surface area contributed by atoms with Crippen LogP contribution >= 0.6 is 0 Å². The second-order valence-electron chi connectivity index (χ2n) is 6.48. The number of anilines is 1. The Kier molecular flexibility index (Phi) is 5.81. The van der Waals surface area contributed by atoms with Crippen molar-refractivity contribution in [3.05, 3.63) is 59.2 Å². The summed E-state index contributed by atoms with van der Waals surface area (Å²) in [5, 5.41) is 0. The molecule has 1 amide bonds. The molecule has 2 aromatic carbocycles. The van der Waals surface area contributed by atoms with Gasteiger partial charge in [0.1, 0.15) is 0 Å². The van der Waals surface area contributed by atoms with E-state index in [1.54, 1.807) is 24.8 Å². The van der Waals surface area contributed by atoms with Crippen LogP contribution in [0.15, 0.2) is 47.4 Å². The zero-order valence-electron chi connectivity index (χ0n) is 15.8. The molecule has 28 heavy (non-hydrogen) atoms. The number of aryl methyl sites for hydroxylation is 1. The Hall–Kier alpha value is -2.71. The third-order valence-corrected chi connectivity index (χ3v) is 6.13. The normalized spacial score (nSPS) is 13.3. The lowest BCUT2D eigenvalue weighted by Crippen LogP contribution is -2.33. The molecule has 0 aromatic heterocycles. The first kappa shape index (κ1) is 20.0. The van der Waals surface area contributed by atoms with Crippen molar-refractivity contribution in [2.45, 2.75) is 25.2 Å². The van der Waals surface area contributed by atoms with Gasteiger partial charge in [-0.1, -0.05) is 31.2 Å². The number of esters is 1. The average molecular weight is 402 g/mol. The van der Waals surface area contributed by atoms with E-state index in [4.69, 9.17) is 4.74 Å². The first-order valence-corrected chi connectivity index (χ1v) is 10.5. The molecule has 1 N–H and O–H groups in total. The molecule has 7 nitrogen and oxygen atoms in total. The molecule has 0 aliphatic carbocycles. The Morgan fingerprint density at radius 3 is 2.68 bits per heavy atom. The van der Waals surface area contributed by atoms with Gasteiger partial charge in [0.2, 0.25) is 10.0 Å². The van der Waals surface area contributed by atoms with Gasteiger partial charge in [-0.2, -0.15) is 0 Å². The number of hydrogen-bond donors (Lipinski definition) is 1. The summed E-state index contributed by atoms with van der Waals surface area (Å²) in [5.41, 5.74) is 2.60. The van der Waals surface area contributed by atoms with E-state index in [2.05, 4.69) is 4.72 Å². The summed E-state index contributed by atoms with van der Waals surface area (Å²) in [6.45, 7) is 3.73. The van der Waals surface area contributed by atoms with Crippen molar-refractivity contribution < 1.29 is 22.7 Å². The Morgan fingerprint density at radius 2 is 1.93 bits per heavy atom. The molecule has 0 fully saturated rings. The number of fused-ring (bicyclic) bond motifs is 1. The molecule has 0 atom stereocenters. The molecule has 0 radical (unpaired) electrons. The lowest BCUT2D eigenvalue weighted by molar-refractivity contribution is -0.121. The van der Waals surface area contributed by atoms with Crippen LogP contribution < -0.4 is 9.62 Å². The van der Waals surface area contributed by atoms with Crippen LogP contribution in [0.25, 0.3) is 0 Å². The molecule has 148 valence electrons. The van der Waals surface area contributed by atoms with Gasteiger partial charge in [-0.05, 0) is 42.7 Å². The van der Waals surface area contributed by atoms with Crippen LogP contribution in [-0.4, -0.2) is 40.0 Å².